The van der Waals surface area contributed by atoms with Crippen molar-refractivity contribution in [2.75, 3.05) is 37.4 Å². The van der Waals surface area contributed by atoms with Crippen LogP contribution in [0.5, 0.6) is 0 Å². The Kier molecular flexibility index (Phi) is 5.83. The SMILES string of the molecule is Cc1ccc(NC(=O)[C@H]2CCCN(S(=O)(=O)c3ccc4[nH]c(=O)oc4c3)C2)cc1N(C)C. The number of oxazole rings is 1. The molecule has 2 heterocycles. The molecule has 0 saturated carbocycles. The molecule has 0 radical (unpaired) electrons. The third kappa shape index (κ3) is 4.28. The van der Waals surface area contributed by atoms with Crippen molar-refractivity contribution in [3.8, 4) is 0 Å². The van der Waals surface area contributed by atoms with Crippen molar-refractivity contribution in [3.63, 3.8) is 0 Å². The number of rotatable bonds is 5. The molecule has 10 heteroatoms. The Bertz CT molecular complexity index is 1330. The molecular weight excluding hydrogens is 432 g/mol. The number of nitrogens with zero attached hydrogens (tertiary/aromatic N) is 2. The topological polar surface area (TPSA) is 116 Å². The number of carbonyl (C=O) groups excluding carboxylic acids is 1. The van der Waals surface area contributed by atoms with E-state index in [1.807, 2.05) is 44.1 Å². The Balaban J connectivity index is 1.51. The first-order valence-electron chi connectivity index (χ1n) is 10.4. The Hall–Kier alpha value is -3.11. The van der Waals surface area contributed by atoms with E-state index in [0.717, 1.165) is 11.3 Å². The molecule has 1 saturated heterocycles. The highest BCUT2D eigenvalue weighted by atomic mass is 32.2. The quantitative estimate of drug-likeness (QED) is 0.607. The van der Waals surface area contributed by atoms with Gasteiger partial charge in [0.15, 0.2) is 5.58 Å². The zero-order chi connectivity index (χ0) is 23.0. The van der Waals surface area contributed by atoms with Gasteiger partial charge in [0.2, 0.25) is 15.9 Å². The van der Waals surface area contributed by atoms with Crippen LogP contribution in [0.15, 0.2) is 50.5 Å². The average molecular weight is 459 g/mol. The minimum Gasteiger partial charge on any atom is -0.408 e. The molecule has 0 bridgehead atoms. The third-order valence-corrected chi connectivity index (χ3v) is 7.60. The number of sulfonamides is 1. The molecule has 0 aliphatic carbocycles. The predicted octanol–water partition coefficient (Wildman–Crippen LogP) is 2.53. The molecule has 32 heavy (non-hydrogen) atoms. The highest BCUT2D eigenvalue weighted by Crippen LogP contribution is 2.27. The predicted molar refractivity (Wildman–Crippen MR) is 122 cm³/mol. The third-order valence-electron chi connectivity index (χ3n) is 5.74. The molecule has 9 nitrogen and oxygen atoms in total. The van der Waals surface area contributed by atoms with Crippen LogP contribution in [0, 0.1) is 12.8 Å². The second-order valence-corrected chi connectivity index (χ2v) is 10.2. The van der Waals surface area contributed by atoms with Crippen LogP contribution < -0.4 is 16.0 Å². The van der Waals surface area contributed by atoms with Crippen molar-refractivity contribution in [1.82, 2.24) is 9.29 Å². The van der Waals surface area contributed by atoms with Crippen molar-refractivity contribution >= 4 is 38.4 Å². The van der Waals surface area contributed by atoms with Crippen molar-refractivity contribution in [3.05, 3.63) is 52.5 Å². The number of aryl methyl sites for hydroxylation is 1. The summed E-state index contributed by atoms with van der Waals surface area (Å²) in [5, 5.41) is 2.93. The Morgan fingerprint density at radius 2 is 2.00 bits per heavy atom. The summed E-state index contributed by atoms with van der Waals surface area (Å²) in [4.78, 5) is 28.8. The first-order chi connectivity index (χ1) is 15.1. The highest BCUT2D eigenvalue weighted by molar-refractivity contribution is 7.89. The zero-order valence-corrected chi connectivity index (χ0v) is 19.0. The number of carbonyl (C=O) groups is 1. The lowest BCUT2D eigenvalue weighted by atomic mass is 9.98. The Labute approximate surface area is 186 Å². The molecule has 170 valence electrons. The lowest BCUT2D eigenvalue weighted by Crippen LogP contribution is -2.43. The summed E-state index contributed by atoms with van der Waals surface area (Å²) in [6, 6.07) is 9.96. The lowest BCUT2D eigenvalue weighted by Gasteiger charge is -2.31. The molecule has 1 aliphatic rings. The molecule has 2 aromatic carbocycles. The fourth-order valence-corrected chi connectivity index (χ4v) is 5.56. The maximum absolute atomic E-state index is 13.2. The lowest BCUT2D eigenvalue weighted by molar-refractivity contribution is -0.120. The first-order valence-corrected chi connectivity index (χ1v) is 11.8. The van der Waals surface area contributed by atoms with E-state index in [2.05, 4.69) is 10.3 Å². The summed E-state index contributed by atoms with van der Waals surface area (Å²) in [6.45, 7) is 2.42. The number of amides is 1. The van der Waals surface area contributed by atoms with E-state index in [0.29, 0.717) is 30.6 Å². The molecule has 1 atom stereocenters. The minimum absolute atomic E-state index is 0.0305. The number of aromatic nitrogens is 1. The summed E-state index contributed by atoms with van der Waals surface area (Å²) >= 11 is 0. The second-order valence-electron chi connectivity index (χ2n) is 8.26. The number of fused-ring (bicyclic) bond motifs is 1. The van der Waals surface area contributed by atoms with Crippen molar-refractivity contribution in [2.24, 2.45) is 5.92 Å². The van der Waals surface area contributed by atoms with E-state index in [1.165, 1.54) is 22.5 Å². The van der Waals surface area contributed by atoms with Crippen LogP contribution in [0.1, 0.15) is 18.4 Å². The number of anilines is 2. The molecule has 2 N–H and O–H groups in total. The van der Waals surface area contributed by atoms with Crippen LogP contribution in [0.2, 0.25) is 0 Å². The standard InChI is InChI=1S/C22H26N4O5S/c1-14-6-7-16(11-19(14)25(2)3)23-21(27)15-5-4-10-26(13-15)32(29,30)17-8-9-18-20(12-17)31-22(28)24-18/h6-9,11-12,15H,4-5,10,13H2,1-3H3,(H,23,27)(H,24,28)/t15-/m0/s1. The van der Waals surface area contributed by atoms with Crippen LogP contribution >= 0.6 is 0 Å². The summed E-state index contributed by atoms with van der Waals surface area (Å²) in [6.07, 6.45) is 1.19. The largest absolute Gasteiger partial charge is 0.417 e. The molecular formula is C22H26N4O5S. The second kappa shape index (κ2) is 8.44. The molecule has 1 fully saturated rings. The Morgan fingerprint density at radius 3 is 2.75 bits per heavy atom. The van der Waals surface area contributed by atoms with Gasteiger partial charge in [0.05, 0.1) is 16.3 Å². The first kappa shape index (κ1) is 22.1. The van der Waals surface area contributed by atoms with Gasteiger partial charge in [-0.2, -0.15) is 4.31 Å². The molecule has 4 rings (SSSR count). The van der Waals surface area contributed by atoms with Gasteiger partial charge in [-0.3, -0.25) is 9.78 Å². The molecule has 3 aromatic rings. The van der Waals surface area contributed by atoms with E-state index < -0.39 is 21.7 Å². The minimum atomic E-state index is -3.84. The van der Waals surface area contributed by atoms with Crippen LogP contribution in [-0.2, 0) is 14.8 Å². The summed E-state index contributed by atoms with van der Waals surface area (Å²) < 4.78 is 32.7. The summed E-state index contributed by atoms with van der Waals surface area (Å²) in [5.74, 6) is -1.31. The normalized spacial score (nSPS) is 17.4. The van der Waals surface area contributed by atoms with Crippen LogP contribution in [0.4, 0.5) is 11.4 Å². The van der Waals surface area contributed by atoms with Crippen LogP contribution in [0.3, 0.4) is 0 Å². The van der Waals surface area contributed by atoms with Crippen LogP contribution in [0.25, 0.3) is 11.1 Å². The number of benzene rings is 2. The van der Waals surface area contributed by atoms with E-state index in [-0.39, 0.29) is 22.9 Å². The van der Waals surface area contributed by atoms with Gasteiger partial charge in [-0.25, -0.2) is 13.2 Å². The van der Waals surface area contributed by atoms with Crippen molar-refractivity contribution in [2.45, 2.75) is 24.7 Å². The smallest absolute Gasteiger partial charge is 0.408 e. The van der Waals surface area contributed by atoms with Crippen molar-refractivity contribution in [1.29, 1.82) is 0 Å². The van der Waals surface area contributed by atoms with Crippen LogP contribution in [-0.4, -0.2) is 50.8 Å². The Morgan fingerprint density at radius 1 is 1.22 bits per heavy atom. The molecule has 1 amide bonds. The van der Waals surface area contributed by atoms with Gasteiger partial charge in [-0.15, -0.1) is 0 Å². The van der Waals surface area contributed by atoms with Gasteiger partial charge in [-0.1, -0.05) is 6.07 Å². The van der Waals surface area contributed by atoms with Gasteiger partial charge >= 0.3 is 5.76 Å². The van der Waals surface area contributed by atoms with E-state index >= 15 is 0 Å². The number of piperidine rings is 1. The van der Waals surface area contributed by atoms with Gasteiger partial charge in [0.25, 0.3) is 0 Å². The summed E-state index contributed by atoms with van der Waals surface area (Å²) in [7, 11) is 0.0402. The maximum atomic E-state index is 13.2. The van der Waals surface area contributed by atoms with Gasteiger partial charge < -0.3 is 14.6 Å². The highest BCUT2D eigenvalue weighted by Gasteiger charge is 2.33. The molecule has 1 aromatic heterocycles. The molecule has 0 spiro atoms. The number of H-pyrrole nitrogens is 1. The number of aromatic amines is 1. The van der Waals surface area contributed by atoms with Gasteiger partial charge in [0, 0.05) is 44.6 Å². The van der Waals surface area contributed by atoms with E-state index in [1.54, 1.807) is 0 Å². The van der Waals surface area contributed by atoms with Crippen molar-refractivity contribution < 1.29 is 17.6 Å². The average Bonchev–Trinajstić information content (AvgIpc) is 3.14. The van der Waals surface area contributed by atoms with E-state index in [4.69, 9.17) is 4.42 Å². The number of nitrogens with one attached hydrogen (secondary N) is 2. The monoisotopic (exact) mass is 458 g/mol. The zero-order valence-electron chi connectivity index (χ0n) is 18.2. The fourth-order valence-electron chi connectivity index (χ4n) is 4.02. The maximum Gasteiger partial charge on any atom is 0.417 e. The summed E-state index contributed by atoms with van der Waals surface area (Å²) in [5.41, 5.74) is 3.39. The molecule has 1 aliphatic heterocycles. The van der Waals surface area contributed by atoms with Gasteiger partial charge in [-0.05, 0) is 49.6 Å². The van der Waals surface area contributed by atoms with Gasteiger partial charge in [0.1, 0.15) is 0 Å². The van der Waals surface area contributed by atoms with E-state index in [9.17, 15) is 18.0 Å². The number of hydrogen-bond donors (Lipinski definition) is 2. The number of hydrogen-bond acceptors (Lipinski definition) is 6. The fraction of sp³-hybridized carbons (Fsp3) is 0.364. The molecule has 0 unspecified atom stereocenters.